The van der Waals surface area contributed by atoms with Crippen LogP contribution >= 0.6 is 12.6 Å². The molecule has 0 aliphatic rings. The van der Waals surface area contributed by atoms with E-state index in [1.807, 2.05) is 24.3 Å². The first kappa shape index (κ1) is 8.08. The first-order valence-corrected chi connectivity index (χ1v) is 3.72. The molecule has 1 nitrogen and oxygen atoms in total. The third-order valence-electron chi connectivity index (χ3n) is 1.18. The fourth-order valence-corrected chi connectivity index (χ4v) is 0.827. The molecule has 56 valence electrons. The normalized spacial score (nSPS) is 10.3. The summed E-state index contributed by atoms with van der Waals surface area (Å²) in [6.07, 6.45) is 3.31. The molecule has 0 bridgehead atoms. The van der Waals surface area contributed by atoms with E-state index in [4.69, 9.17) is 0 Å². The van der Waals surface area contributed by atoms with Gasteiger partial charge in [-0.15, -0.1) is 12.6 Å². The molecule has 0 N–H and O–H groups in total. The van der Waals surface area contributed by atoms with E-state index < -0.39 is 0 Å². The van der Waals surface area contributed by atoms with Crippen LogP contribution in [0.25, 0.3) is 0 Å². The summed E-state index contributed by atoms with van der Waals surface area (Å²) >= 11 is 4.15. The van der Waals surface area contributed by atoms with E-state index in [9.17, 15) is 0 Å². The minimum absolute atomic E-state index is 0.919. The van der Waals surface area contributed by atoms with Gasteiger partial charge in [0.2, 0.25) is 0 Å². The predicted octanol–water partition coefficient (Wildman–Crippen LogP) is 2.86. The van der Waals surface area contributed by atoms with E-state index in [1.165, 1.54) is 0 Å². The molecule has 0 spiro atoms. The monoisotopic (exact) mass is 163 g/mol. The van der Waals surface area contributed by atoms with E-state index in [0.29, 0.717) is 0 Å². The Morgan fingerprint density at radius 1 is 1.27 bits per heavy atom. The van der Waals surface area contributed by atoms with Crippen molar-refractivity contribution in [2.75, 3.05) is 0 Å². The SMILES string of the molecule is C=C/C=N\c1ccc(S)cc1. The third kappa shape index (κ3) is 2.60. The summed E-state index contributed by atoms with van der Waals surface area (Å²) in [5, 5.41) is 0. The Morgan fingerprint density at radius 2 is 1.91 bits per heavy atom. The van der Waals surface area contributed by atoms with Crippen molar-refractivity contribution in [3.63, 3.8) is 0 Å². The Morgan fingerprint density at radius 3 is 2.45 bits per heavy atom. The fourth-order valence-electron chi connectivity index (χ4n) is 0.677. The molecule has 0 saturated carbocycles. The molecule has 0 aliphatic heterocycles. The van der Waals surface area contributed by atoms with Crippen LogP contribution in [0.1, 0.15) is 0 Å². The molecule has 1 rings (SSSR count). The van der Waals surface area contributed by atoms with Gasteiger partial charge in [-0.2, -0.15) is 0 Å². The molecule has 11 heavy (non-hydrogen) atoms. The Hall–Kier alpha value is -1.02. The molecular formula is C9H9NS. The highest BCUT2D eigenvalue weighted by Gasteiger charge is 1.85. The summed E-state index contributed by atoms with van der Waals surface area (Å²) in [5.41, 5.74) is 0.919. The highest BCUT2D eigenvalue weighted by Crippen LogP contribution is 2.14. The van der Waals surface area contributed by atoms with Gasteiger partial charge in [0.05, 0.1) is 5.69 Å². The topological polar surface area (TPSA) is 12.4 Å². The summed E-state index contributed by atoms with van der Waals surface area (Å²) < 4.78 is 0. The van der Waals surface area contributed by atoms with Gasteiger partial charge in [0.15, 0.2) is 0 Å². The lowest BCUT2D eigenvalue weighted by Crippen LogP contribution is -1.66. The van der Waals surface area contributed by atoms with Gasteiger partial charge >= 0.3 is 0 Å². The molecule has 0 heterocycles. The Bertz CT molecular complexity index is 261. The molecule has 0 unspecified atom stereocenters. The zero-order valence-electron chi connectivity index (χ0n) is 6.07. The second-order valence-electron chi connectivity index (χ2n) is 2.03. The lowest BCUT2D eigenvalue weighted by atomic mass is 10.3. The van der Waals surface area contributed by atoms with Gasteiger partial charge in [-0.25, -0.2) is 0 Å². The maximum Gasteiger partial charge on any atom is 0.0630 e. The molecule has 0 aromatic heterocycles. The number of thiol groups is 1. The van der Waals surface area contributed by atoms with Gasteiger partial charge in [-0.3, -0.25) is 4.99 Å². The van der Waals surface area contributed by atoms with Gasteiger partial charge in [-0.1, -0.05) is 12.7 Å². The third-order valence-corrected chi connectivity index (χ3v) is 1.48. The number of nitrogens with zero attached hydrogens (tertiary/aromatic N) is 1. The summed E-state index contributed by atoms with van der Waals surface area (Å²) in [6.45, 7) is 3.53. The molecule has 0 amide bonds. The number of aliphatic imine (C=N–C) groups is 1. The van der Waals surface area contributed by atoms with E-state index in [1.54, 1.807) is 12.3 Å². The zero-order chi connectivity index (χ0) is 8.10. The number of rotatable bonds is 2. The van der Waals surface area contributed by atoms with Crippen LogP contribution in [0.15, 0.2) is 46.8 Å². The Kier molecular flexibility index (Phi) is 2.93. The fraction of sp³-hybridized carbons (Fsp3) is 0. The van der Waals surface area contributed by atoms with Crippen LogP contribution in [-0.2, 0) is 0 Å². The van der Waals surface area contributed by atoms with Crippen LogP contribution in [-0.4, -0.2) is 6.21 Å². The Balaban J connectivity index is 2.81. The maximum atomic E-state index is 4.15. The van der Waals surface area contributed by atoms with Gasteiger partial charge < -0.3 is 0 Å². The highest BCUT2D eigenvalue weighted by molar-refractivity contribution is 7.80. The lowest BCUT2D eigenvalue weighted by molar-refractivity contribution is 1.43. The van der Waals surface area contributed by atoms with E-state index in [2.05, 4.69) is 24.2 Å². The molecule has 0 atom stereocenters. The van der Waals surface area contributed by atoms with Crippen molar-refractivity contribution in [3.8, 4) is 0 Å². The first-order chi connectivity index (χ1) is 5.33. The van der Waals surface area contributed by atoms with Crippen molar-refractivity contribution in [1.82, 2.24) is 0 Å². The van der Waals surface area contributed by atoms with Crippen molar-refractivity contribution >= 4 is 24.5 Å². The van der Waals surface area contributed by atoms with Crippen LogP contribution in [0.2, 0.25) is 0 Å². The highest BCUT2D eigenvalue weighted by atomic mass is 32.1. The largest absolute Gasteiger partial charge is 0.257 e. The van der Waals surface area contributed by atoms with E-state index >= 15 is 0 Å². The zero-order valence-corrected chi connectivity index (χ0v) is 6.96. The van der Waals surface area contributed by atoms with Gasteiger partial charge in [0.1, 0.15) is 0 Å². The van der Waals surface area contributed by atoms with Crippen LogP contribution in [0.5, 0.6) is 0 Å². The van der Waals surface area contributed by atoms with Gasteiger partial charge in [-0.05, 0) is 24.3 Å². The quantitative estimate of drug-likeness (QED) is 0.508. The van der Waals surface area contributed by atoms with Crippen molar-refractivity contribution in [2.45, 2.75) is 4.90 Å². The second-order valence-corrected chi connectivity index (χ2v) is 2.55. The maximum absolute atomic E-state index is 4.15. The van der Waals surface area contributed by atoms with Crippen LogP contribution in [0.3, 0.4) is 0 Å². The van der Waals surface area contributed by atoms with Gasteiger partial charge in [0.25, 0.3) is 0 Å². The van der Waals surface area contributed by atoms with Crippen LogP contribution < -0.4 is 0 Å². The molecule has 0 saturated heterocycles. The number of hydrogen-bond donors (Lipinski definition) is 1. The van der Waals surface area contributed by atoms with Crippen molar-refractivity contribution < 1.29 is 0 Å². The summed E-state index contributed by atoms with van der Waals surface area (Å²) in [4.78, 5) is 5.04. The Labute approximate surface area is 71.9 Å². The average molecular weight is 163 g/mol. The molecule has 0 radical (unpaired) electrons. The summed E-state index contributed by atoms with van der Waals surface area (Å²) in [7, 11) is 0. The summed E-state index contributed by atoms with van der Waals surface area (Å²) in [6, 6.07) is 7.61. The summed E-state index contributed by atoms with van der Waals surface area (Å²) in [5.74, 6) is 0. The van der Waals surface area contributed by atoms with Crippen molar-refractivity contribution in [2.24, 2.45) is 4.99 Å². The minimum atomic E-state index is 0.919. The van der Waals surface area contributed by atoms with Gasteiger partial charge in [0, 0.05) is 11.1 Å². The molecule has 0 aliphatic carbocycles. The molecular weight excluding hydrogens is 154 g/mol. The number of benzene rings is 1. The predicted molar refractivity (Wildman–Crippen MR) is 52.0 cm³/mol. The smallest absolute Gasteiger partial charge is 0.0630 e. The molecule has 1 aromatic carbocycles. The average Bonchev–Trinajstić information content (AvgIpc) is 2.04. The van der Waals surface area contributed by atoms with Crippen molar-refractivity contribution in [1.29, 1.82) is 0 Å². The standard InChI is InChI=1S/C9H9NS/c1-2-7-10-8-3-5-9(11)6-4-8/h2-7,11H,1H2/b10-7-. The number of allylic oxidation sites excluding steroid dienone is 1. The minimum Gasteiger partial charge on any atom is -0.257 e. The molecule has 0 fully saturated rings. The second kappa shape index (κ2) is 3.98. The number of hydrogen-bond acceptors (Lipinski definition) is 2. The lowest BCUT2D eigenvalue weighted by Gasteiger charge is -1.91. The molecule has 1 aromatic rings. The van der Waals surface area contributed by atoms with E-state index in [-0.39, 0.29) is 0 Å². The molecule has 2 heteroatoms. The first-order valence-electron chi connectivity index (χ1n) is 3.27. The van der Waals surface area contributed by atoms with Crippen LogP contribution in [0.4, 0.5) is 5.69 Å². The van der Waals surface area contributed by atoms with Crippen LogP contribution in [0, 0.1) is 0 Å². The van der Waals surface area contributed by atoms with E-state index in [0.717, 1.165) is 10.6 Å². The van der Waals surface area contributed by atoms with Crippen molar-refractivity contribution in [3.05, 3.63) is 36.9 Å².